The van der Waals surface area contributed by atoms with Gasteiger partial charge in [0.25, 0.3) is 0 Å². The first-order valence-corrected chi connectivity index (χ1v) is 10.3. The van der Waals surface area contributed by atoms with Crippen molar-refractivity contribution in [2.75, 3.05) is 31.1 Å². The second-order valence-electron chi connectivity index (χ2n) is 6.88. The summed E-state index contributed by atoms with van der Waals surface area (Å²) in [7, 11) is 0. The van der Waals surface area contributed by atoms with Crippen LogP contribution in [0.25, 0.3) is 0 Å². The molecule has 3 rings (SSSR count). The Hall–Kier alpha value is -2.31. The fourth-order valence-corrected chi connectivity index (χ4v) is 3.72. The number of rotatable bonds is 7. The van der Waals surface area contributed by atoms with Crippen molar-refractivity contribution < 1.29 is 5.11 Å². The van der Waals surface area contributed by atoms with Gasteiger partial charge in [-0.2, -0.15) is 11.3 Å². The van der Waals surface area contributed by atoms with E-state index in [1.54, 1.807) is 11.3 Å². The number of benzene rings is 1. The van der Waals surface area contributed by atoms with Crippen molar-refractivity contribution in [2.24, 2.45) is 4.99 Å². The molecule has 1 aromatic carbocycles. The quantitative estimate of drug-likeness (QED) is 0.390. The highest BCUT2D eigenvalue weighted by molar-refractivity contribution is 7.08. The van der Waals surface area contributed by atoms with Crippen LogP contribution >= 0.6 is 11.3 Å². The highest BCUT2D eigenvalue weighted by Gasteiger charge is 2.23. The predicted octanol–water partition coefficient (Wildman–Crippen LogP) is 3.09. The van der Waals surface area contributed by atoms with Gasteiger partial charge in [0.05, 0.1) is 13.1 Å². The number of thiophene rings is 1. The van der Waals surface area contributed by atoms with Crippen molar-refractivity contribution >= 4 is 23.0 Å². The van der Waals surface area contributed by atoms with E-state index in [1.165, 1.54) is 5.69 Å². The van der Waals surface area contributed by atoms with Crippen LogP contribution in [0.5, 0.6) is 0 Å². The number of hydrogen-bond donors (Lipinski definition) is 3. The first-order chi connectivity index (χ1) is 13.1. The molecular formula is C21H28N4OS. The topological polar surface area (TPSA) is 59.9 Å². The van der Waals surface area contributed by atoms with Crippen molar-refractivity contribution in [2.45, 2.75) is 26.0 Å². The minimum atomic E-state index is -0.929. The number of nitrogens with one attached hydrogen (secondary N) is 2. The van der Waals surface area contributed by atoms with E-state index < -0.39 is 5.60 Å². The number of aliphatic imine (C=N–C) groups is 1. The molecule has 144 valence electrons. The molecule has 1 aliphatic rings. The summed E-state index contributed by atoms with van der Waals surface area (Å²) in [5.41, 5.74) is 2.39. The first kappa shape index (κ1) is 19.5. The third-order valence-corrected chi connectivity index (χ3v) is 5.31. The van der Waals surface area contributed by atoms with E-state index in [4.69, 9.17) is 0 Å². The third kappa shape index (κ3) is 5.34. The van der Waals surface area contributed by atoms with Crippen LogP contribution in [-0.4, -0.2) is 37.2 Å². The van der Waals surface area contributed by atoms with E-state index in [0.717, 1.165) is 30.8 Å². The van der Waals surface area contributed by atoms with E-state index in [9.17, 15) is 5.11 Å². The lowest BCUT2D eigenvalue weighted by atomic mass is 9.99. The molecule has 5 nitrogen and oxygen atoms in total. The van der Waals surface area contributed by atoms with Gasteiger partial charge >= 0.3 is 0 Å². The van der Waals surface area contributed by atoms with Gasteiger partial charge in [0.2, 0.25) is 0 Å². The maximum atomic E-state index is 10.7. The Morgan fingerprint density at radius 1 is 1.19 bits per heavy atom. The standard InChI is InChI=1S/C21H28N4OS/c1-3-22-20(24-16-21(2,26)18-10-13-27-15-18)23-14-17-6-8-19(9-7-17)25-11-4-5-12-25/h4-10,13,15,26H,3,11-12,14,16H2,1-2H3,(H2,22,23,24). The number of guanidine groups is 1. The molecule has 0 saturated carbocycles. The van der Waals surface area contributed by atoms with Crippen LogP contribution in [0.15, 0.2) is 58.2 Å². The molecule has 6 heteroatoms. The molecule has 0 spiro atoms. The van der Waals surface area contributed by atoms with Gasteiger partial charge in [0, 0.05) is 25.3 Å². The van der Waals surface area contributed by atoms with Crippen LogP contribution in [-0.2, 0) is 12.1 Å². The molecule has 0 aliphatic carbocycles. The van der Waals surface area contributed by atoms with Gasteiger partial charge in [-0.3, -0.25) is 0 Å². The monoisotopic (exact) mass is 384 g/mol. The largest absolute Gasteiger partial charge is 0.384 e. The maximum absolute atomic E-state index is 10.7. The SMILES string of the molecule is CCNC(=NCc1ccc(N2CC=CC2)cc1)NCC(C)(O)c1ccsc1. The highest BCUT2D eigenvalue weighted by Crippen LogP contribution is 2.22. The zero-order chi connectivity index (χ0) is 19.1. The van der Waals surface area contributed by atoms with Crippen molar-refractivity contribution in [1.29, 1.82) is 0 Å². The molecule has 27 heavy (non-hydrogen) atoms. The molecule has 0 fully saturated rings. The van der Waals surface area contributed by atoms with Gasteiger partial charge in [-0.05, 0) is 53.9 Å². The van der Waals surface area contributed by atoms with Gasteiger partial charge < -0.3 is 20.6 Å². The van der Waals surface area contributed by atoms with Crippen LogP contribution in [0.2, 0.25) is 0 Å². The Bertz CT molecular complexity index is 758. The van der Waals surface area contributed by atoms with Gasteiger partial charge in [-0.15, -0.1) is 0 Å². The maximum Gasteiger partial charge on any atom is 0.191 e. The Morgan fingerprint density at radius 2 is 1.93 bits per heavy atom. The summed E-state index contributed by atoms with van der Waals surface area (Å²) in [5.74, 6) is 0.709. The summed E-state index contributed by atoms with van der Waals surface area (Å²) in [6, 6.07) is 10.5. The second kappa shape index (κ2) is 9.06. The van der Waals surface area contributed by atoms with Gasteiger partial charge in [0.15, 0.2) is 5.96 Å². The van der Waals surface area contributed by atoms with Crippen molar-refractivity contribution in [3.8, 4) is 0 Å². The zero-order valence-corrected chi connectivity index (χ0v) is 16.8. The zero-order valence-electron chi connectivity index (χ0n) is 16.0. The smallest absolute Gasteiger partial charge is 0.191 e. The average Bonchev–Trinajstić information content (AvgIpc) is 3.39. The molecule has 1 aliphatic heterocycles. The molecular weight excluding hydrogens is 356 g/mol. The van der Waals surface area contributed by atoms with Gasteiger partial charge in [0.1, 0.15) is 5.60 Å². The normalized spacial score (nSPS) is 16.4. The van der Waals surface area contributed by atoms with Gasteiger partial charge in [-0.25, -0.2) is 4.99 Å². The molecule has 3 N–H and O–H groups in total. The Morgan fingerprint density at radius 3 is 2.56 bits per heavy atom. The fraction of sp³-hybridized carbons (Fsp3) is 0.381. The third-order valence-electron chi connectivity index (χ3n) is 4.63. The second-order valence-corrected chi connectivity index (χ2v) is 7.66. The number of anilines is 1. The molecule has 0 radical (unpaired) electrons. The Balaban J connectivity index is 1.58. The Kier molecular flexibility index (Phi) is 6.53. The molecule has 0 amide bonds. The van der Waals surface area contributed by atoms with Crippen LogP contribution < -0.4 is 15.5 Å². The summed E-state index contributed by atoms with van der Waals surface area (Å²) >= 11 is 1.59. The van der Waals surface area contributed by atoms with E-state index in [2.05, 4.69) is 56.9 Å². The van der Waals surface area contributed by atoms with Crippen LogP contribution in [0.1, 0.15) is 25.0 Å². The molecule has 1 aromatic heterocycles. The highest BCUT2D eigenvalue weighted by atomic mass is 32.1. The van der Waals surface area contributed by atoms with Crippen LogP contribution in [0.4, 0.5) is 5.69 Å². The minimum Gasteiger partial charge on any atom is -0.384 e. The van der Waals surface area contributed by atoms with Crippen molar-refractivity contribution in [3.63, 3.8) is 0 Å². The summed E-state index contributed by atoms with van der Waals surface area (Å²) in [6.45, 7) is 7.58. The molecule has 2 aromatic rings. The number of nitrogens with zero attached hydrogens (tertiary/aromatic N) is 2. The molecule has 1 unspecified atom stereocenters. The van der Waals surface area contributed by atoms with Crippen LogP contribution in [0.3, 0.4) is 0 Å². The molecule has 0 bridgehead atoms. The van der Waals surface area contributed by atoms with E-state index in [-0.39, 0.29) is 0 Å². The fourth-order valence-electron chi connectivity index (χ4n) is 2.94. The predicted molar refractivity (Wildman–Crippen MR) is 115 cm³/mol. The van der Waals surface area contributed by atoms with Crippen molar-refractivity contribution in [3.05, 3.63) is 64.4 Å². The number of hydrogen-bond acceptors (Lipinski definition) is 4. The van der Waals surface area contributed by atoms with Gasteiger partial charge in [-0.1, -0.05) is 24.3 Å². The lowest BCUT2D eigenvalue weighted by Gasteiger charge is -2.24. The van der Waals surface area contributed by atoms with E-state index in [1.807, 2.05) is 30.7 Å². The molecule has 2 heterocycles. The summed E-state index contributed by atoms with van der Waals surface area (Å²) in [4.78, 5) is 6.98. The molecule has 0 saturated heterocycles. The minimum absolute atomic E-state index is 0.399. The first-order valence-electron chi connectivity index (χ1n) is 9.34. The van der Waals surface area contributed by atoms with Crippen molar-refractivity contribution in [1.82, 2.24) is 10.6 Å². The Labute approximate surface area is 165 Å². The average molecular weight is 385 g/mol. The molecule has 1 atom stereocenters. The summed E-state index contributed by atoms with van der Waals surface area (Å²) in [6.07, 6.45) is 4.38. The lowest BCUT2D eigenvalue weighted by Crippen LogP contribution is -2.44. The lowest BCUT2D eigenvalue weighted by molar-refractivity contribution is 0.0621. The summed E-state index contributed by atoms with van der Waals surface area (Å²) < 4.78 is 0. The summed E-state index contributed by atoms with van der Waals surface area (Å²) in [5, 5.41) is 21.1. The van der Waals surface area contributed by atoms with E-state index >= 15 is 0 Å². The van der Waals surface area contributed by atoms with E-state index in [0.29, 0.717) is 19.0 Å². The number of aliphatic hydroxyl groups is 1. The van der Waals surface area contributed by atoms with Crippen LogP contribution in [0, 0.1) is 0 Å².